The summed E-state index contributed by atoms with van der Waals surface area (Å²) in [6.07, 6.45) is 18.4. The third-order valence-corrected chi connectivity index (χ3v) is 9.97. The van der Waals surface area contributed by atoms with E-state index in [1.54, 1.807) is 0 Å². The molecule has 0 aliphatic heterocycles. The van der Waals surface area contributed by atoms with Gasteiger partial charge in [-0.05, 0) is 105 Å². The van der Waals surface area contributed by atoms with Crippen LogP contribution in [0.15, 0.2) is 0 Å². The maximum Gasteiger partial charge on any atom is 0.303 e. The second kappa shape index (κ2) is 7.13. The van der Waals surface area contributed by atoms with E-state index in [9.17, 15) is 4.79 Å². The molecule has 0 heterocycles. The van der Waals surface area contributed by atoms with E-state index < -0.39 is 5.97 Å². The standard InChI is InChI=1S/C24H40O2/c1-23-15-6-5-8-17(23)10-12-19-20-13-11-18(7-3-4-9-22(25)26)24(20,2)16-14-21(19)23/h17-21H,3-16H2,1-2H3,(H,25,26). The first-order chi connectivity index (χ1) is 12.4. The number of rotatable bonds is 5. The topological polar surface area (TPSA) is 37.3 Å². The van der Waals surface area contributed by atoms with Gasteiger partial charge in [0.15, 0.2) is 0 Å². The molecule has 0 aromatic rings. The van der Waals surface area contributed by atoms with Crippen molar-refractivity contribution in [3.8, 4) is 0 Å². The molecule has 0 saturated heterocycles. The SMILES string of the molecule is CC12CCCCC1CCC1C2CCC2(C)C(CCCCC(=O)O)CCC12. The molecule has 148 valence electrons. The molecule has 4 aliphatic carbocycles. The van der Waals surface area contributed by atoms with Crippen molar-refractivity contribution < 1.29 is 9.90 Å². The molecule has 4 rings (SSSR count). The third-order valence-electron chi connectivity index (χ3n) is 9.97. The average Bonchev–Trinajstić information content (AvgIpc) is 2.94. The van der Waals surface area contributed by atoms with Crippen LogP contribution in [0, 0.1) is 40.4 Å². The fourth-order valence-corrected chi connectivity index (χ4v) is 8.55. The molecule has 4 saturated carbocycles. The van der Waals surface area contributed by atoms with Crippen LogP contribution in [0.1, 0.15) is 104 Å². The number of aliphatic carboxylic acids is 1. The molecule has 0 aromatic heterocycles. The van der Waals surface area contributed by atoms with Gasteiger partial charge < -0.3 is 5.11 Å². The average molecular weight is 361 g/mol. The fourth-order valence-electron chi connectivity index (χ4n) is 8.55. The number of carboxylic acids is 1. The summed E-state index contributed by atoms with van der Waals surface area (Å²) in [5.74, 6) is 4.22. The Morgan fingerprint density at radius 2 is 1.69 bits per heavy atom. The second-order valence-electron chi connectivity index (χ2n) is 10.9. The predicted octanol–water partition coefficient (Wildman–Crippen LogP) is 6.68. The van der Waals surface area contributed by atoms with Crippen molar-refractivity contribution in [3.63, 3.8) is 0 Å². The highest BCUT2D eigenvalue weighted by Crippen LogP contribution is 2.67. The second-order valence-corrected chi connectivity index (χ2v) is 10.9. The minimum absolute atomic E-state index is 0.358. The minimum Gasteiger partial charge on any atom is -0.481 e. The maximum atomic E-state index is 10.8. The molecule has 0 amide bonds. The molecule has 1 N–H and O–H groups in total. The zero-order valence-electron chi connectivity index (χ0n) is 17.1. The number of hydrogen-bond donors (Lipinski definition) is 1. The smallest absolute Gasteiger partial charge is 0.303 e. The molecule has 2 heteroatoms. The molecule has 2 nitrogen and oxygen atoms in total. The van der Waals surface area contributed by atoms with E-state index in [0.29, 0.717) is 17.3 Å². The van der Waals surface area contributed by atoms with Crippen molar-refractivity contribution in [1.82, 2.24) is 0 Å². The van der Waals surface area contributed by atoms with Gasteiger partial charge in [0, 0.05) is 6.42 Å². The molecular formula is C24H40O2. The van der Waals surface area contributed by atoms with Gasteiger partial charge in [-0.2, -0.15) is 0 Å². The van der Waals surface area contributed by atoms with Crippen LogP contribution in [0.25, 0.3) is 0 Å². The van der Waals surface area contributed by atoms with Gasteiger partial charge in [0.25, 0.3) is 0 Å². The van der Waals surface area contributed by atoms with Gasteiger partial charge in [-0.15, -0.1) is 0 Å². The van der Waals surface area contributed by atoms with E-state index >= 15 is 0 Å². The first-order valence-electron chi connectivity index (χ1n) is 11.7. The zero-order chi connectivity index (χ0) is 18.4. The molecule has 4 fully saturated rings. The highest BCUT2D eigenvalue weighted by molar-refractivity contribution is 5.66. The Labute approximate surface area is 160 Å². The summed E-state index contributed by atoms with van der Waals surface area (Å²) in [7, 11) is 0. The Balaban J connectivity index is 1.43. The van der Waals surface area contributed by atoms with E-state index in [0.717, 1.165) is 42.4 Å². The summed E-state index contributed by atoms with van der Waals surface area (Å²) >= 11 is 0. The van der Waals surface area contributed by atoms with E-state index in [1.165, 1.54) is 70.6 Å². The van der Waals surface area contributed by atoms with Crippen LogP contribution in [0.5, 0.6) is 0 Å². The molecule has 26 heavy (non-hydrogen) atoms. The monoisotopic (exact) mass is 360 g/mol. The van der Waals surface area contributed by atoms with Gasteiger partial charge in [-0.25, -0.2) is 0 Å². The number of fused-ring (bicyclic) bond motifs is 5. The Morgan fingerprint density at radius 1 is 0.885 bits per heavy atom. The molecule has 4 aliphatic rings. The number of carbonyl (C=O) groups is 1. The summed E-state index contributed by atoms with van der Waals surface area (Å²) in [4.78, 5) is 10.8. The zero-order valence-corrected chi connectivity index (χ0v) is 17.1. The van der Waals surface area contributed by atoms with E-state index in [4.69, 9.17) is 5.11 Å². The molecule has 7 unspecified atom stereocenters. The highest BCUT2D eigenvalue weighted by atomic mass is 16.4. The first kappa shape index (κ1) is 18.8. The highest BCUT2D eigenvalue weighted by Gasteiger charge is 2.59. The van der Waals surface area contributed by atoms with Gasteiger partial charge >= 0.3 is 5.97 Å². The van der Waals surface area contributed by atoms with Crippen molar-refractivity contribution in [2.45, 2.75) is 104 Å². The van der Waals surface area contributed by atoms with Crippen LogP contribution in [0.2, 0.25) is 0 Å². The summed E-state index contributed by atoms with van der Waals surface area (Å²) in [5, 5.41) is 8.89. The molecule has 7 atom stereocenters. The first-order valence-corrected chi connectivity index (χ1v) is 11.7. The van der Waals surface area contributed by atoms with Crippen molar-refractivity contribution in [2.75, 3.05) is 0 Å². The Hall–Kier alpha value is -0.530. The lowest BCUT2D eigenvalue weighted by atomic mass is 9.45. The van der Waals surface area contributed by atoms with Crippen LogP contribution in [0.4, 0.5) is 0 Å². The lowest BCUT2D eigenvalue weighted by molar-refractivity contribution is -0.137. The van der Waals surface area contributed by atoms with Crippen molar-refractivity contribution >= 4 is 5.97 Å². The number of unbranched alkanes of at least 4 members (excludes halogenated alkanes) is 1. The Morgan fingerprint density at radius 3 is 2.50 bits per heavy atom. The van der Waals surface area contributed by atoms with Gasteiger partial charge in [0.1, 0.15) is 0 Å². The molecule has 0 aromatic carbocycles. The summed E-state index contributed by atoms with van der Waals surface area (Å²) in [5.41, 5.74) is 1.21. The minimum atomic E-state index is -0.626. The van der Waals surface area contributed by atoms with Crippen LogP contribution in [-0.2, 0) is 4.79 Å². The van der Waals surface area contributed by atoms with Gasteiger partial charge in [0.2, 0.25) is 0 Å². The Kier molecular flexibility index (Phi) is 5.16. The molecule has 0 radical (unpaired) electrons. The molecule has 0 bridgehead atoms. The largest absolute Gasteiger partial charge is 0.481 e. The quantitative estimate of drug-likeness (QED) is 0.555. The number of carboxylic acid groups (broad SMARTS) is 1. The summed E-state index contributed by atoms with van der Waals surface area (Å²) in [6, 6.07) is 0. The van der Waals surface area contributed by atoms with E-state index in [-0.39, 0.29) is 0 Å². The lowest BCUT2D eigenvalue weighted by Gasteiger charge is -2.60. The van der Waals surface area contributed by atoms with Crippen LogP contribution in [-0.4, -0.2) is 11.1 Å². The van der Waals surface area contributed by atoms with Crippen molar-refractivity contribution in [1.29, 1.82) is 0 Å². The lowest BCUT2D eigenvalue weighted by Crippen LogP contribution is -2.52. The van der Waals surface area contributed by atoms with E-state index in [2.05, 4.69) is 13.8 Å². The van der Waals surface area contributed by atoms with Gasteiger partial charge in [0.05, 0.1) is 0 Å². The van der Waals surface area contributed by atoms with Crippen molar-refractivity contribution in [2.24, 2.45) is 40.4 Å². The summed E-state index contributed by atoms with van der Waals surface area (Å²) in [6.45, 7) is 5.30. The Bertz CT molecular complexity index is 528. The van der Waals surface area contributed by atoms with Crippen LogP contribution >= 0.6 is 0 Å². The number of hydrogen-bond acceptors (Lipinski definition) is 1. The molecular weight excluding hydrogens is 320 g/mol. The third kappa shape index (κ3) is 3.04. The van der Waals surface area contributed by atoms with Crippen LogP contribution < -0.4 is 0 Å². The molecule has 0 spiro atoms. The van der Waals surface area contributed by atoms with Gasteiger partial charge in [-0.3, -0.25) is 4.79 Å². The normalized spacial score (nSPS) is 47.7. The predicted molar refractivity (Wildman–Crippen MR) is 106 cm³/mol. The van der Waals surface area contributed by atoms with Crippen molar-refractivity contribution in [3.05, 3.63) is 0 Å². The van der Waals surface area contributed by atoms with E-state index in [1.807, 2.05) is 0 Å². The summed E-state index contributed by atoms with van der Waals surface area (Å²) < 4.78 is 0. The fraction of sp³-hybridized carbons (Fsp3) is 0.958. The maximum absolute atomic E-state index is 10.8. The van der Waals surface area contributed by atoms with Crippen LogP contribution in [0.3, 0.4) is 0 Å². The van der Waals surface area contributed by atoms with Gasteiger partial charge in [-0.1, -0.05) is 33.1 Å².